The molecule has 9 nitrogen and oxygen atoms in total. The third-order valence-corrected chi connectivity index (χ3v) is 9.59. The van der Waals surface area contributed by atoms with E-state index in [2.05, 4.69) is 15.0 Å². The molecule has 1 saturated carbocycles. The molecular formula is C30H39F2N5O4S. The lowest BCUT2D eigenvalue weighted by atomic mass is 9.96. The Hall–Kier alpha value is -3.38. The topological polar surface area (TPSA) is 134 Å². The average molecular weight is 604 g/mol. The molecule has 1 atom stereocenters. The lowest BCUT2D eigenvalue weighted by Gasteiger charge is -2.32. The van der Waals surface area contributed by atoms with Crippen molar-refractivity contribution in [1.29, 1.82) is 0 Å². The summed E-state index contributed by atoms with van der Waals surface area (Å²) in [5, 5.41) is 2.82. The van der Waals surface area contributed by atoms with Crippen molar-refractivity contribution in [2.75, 3.05) is 24.1 Å². The van der Waals surface area contributed by atoms with Crippen molar-refractivity contribution in [3.63, 3.8) is 0 Å². The molecule has 1 saturated heterocycles. The Kier molecular flexibility index (Phi) is 10.7. The number of para-hydroxylation sites is 1. The van der Waals surface area contributed by atoms with Gasteiger partial charge in [0.1, 0.15) is 16.8 Å². The van der Waals surface area contributed by atoms with Gasteiger partial charge in [0.2, 0.25) is 21.8 Å². The van der Waals surface area contributed by atoms with Gasteiger partial charge in [0.25, 0.3) is 6.08 Å². The van der Waals surface area contributed by atoms with E-state index in [1.54, 1.807) is 25.3 Å². The summed E-state index contributed by atoms with van der Waals surface area (Å²) in [4.78, 5) is 31.6. The summed E-state index contributed by atoms with van der Waals surface area (Å²) in [7, 11) is -4.28. The minimum absolute atomic E-state index is 0.0204. The van der Waals surface area contributed by atoms with Crippen LogP contribution in [0.1, 0.15) is 81.8 Å². The van der Waals surface area contributed by atoms with Gasteiger partial charge >= 0.3 is 0 Å². The maximum Gasteiger partial charge on any atom is 0.269 e. The van der Waals surface area contributed by atoms with Crippen molar-refractivity contribution >= 4 is 33.3 Å². The first-order chi connectivity index (χ1) is 20.1. The fourth-order valence-electron chi connectivity index (χ4n) is 5.69. The number of nitrogens with zero attached hydrogens (tertiary/aromatic N) is 2. The molecule has 1 aromatic heterocycles. The van der Waals surface area contributed by atoms with Crippen LogP contribution in [-0.2, 0) is 26.0 Å². The number of carbonyl (C=O) groups is 2. The number of aryl methyl sites for hydroxylation is 1. The molecule has 4 rings (SSSR count). The average Bonchev–Trinajstić information content (AvgIpc) is 3.52. The molecule has 2 amide bonds. The second-order valence-corrected chi connectivity index (χ2v) is 12.6. The molecule has 1 aliphatic carbocycles. The van der Waals surface area contributed by atoms with Crippen LogP contribution in [0.25, 0.3) is 0 Å². The number of halogens is 2. The molecular weight excluding hydrogens is 564 g/mol. The number of benzene rings is 1. The molecule has 42 heavy (non-hydrogen) atoms. The van der Waals surface area contributed by atoms with E-state index in [0.717, 1.165) is 36.8 Å². The second-order valence-electron chi connectivity index (χ2n) is 11.0. The molecule has 12 heteroatoms. The third-order valence-electron chi connectivity index (χ3n) is 8.08. The number of rotatable bonds is 11. The number of likely N-dealkylation sites (tertiary alicyclic amines) is 1. The molecule has 2 aliphatic rings. The summed E-state index contributed by atoms with van der Waals surface area (Å²) in [6.07, 6.45) is 5.21. The van der Waals surface area contributed by atoms with Gasteiger partial charge in [-0.25, -0.2) is 13.4 Å². The third kappa shape index (κ3) is 7.91. The monoisotopic (exact) mass is 603 g/mol. The highest BCUT2D eigenvalue weighted by molar-refractivity contribution is 7.89. The van der Waals surface area contributed by atoms with Crippen LogP contribution in [0.2, 0.25) is 0 Å². The molecule has 0 bridgehead atoms. The summed E-state index contributed by atoms with van der Waals surface area (Å²) < 4.78 is 56.7. The molecule has 1 aliphatic heterocycles. The molecule has 4 N–H and O–H groups in total. The van der Waals surface area contributed by atoms with E-state index in [0.29, 0.717) is 18.7 Å². The number of hydrogen-bond donors (Lipinski definition) is 3. The van der Waals surface area contributed by atoms with Crippen molar-refractivity contribution in [1.82, 2.24) is 14.6 Å². The minimum atomic E-state index is -4.28. The smallest absolute Gasteiger partial charge is 0.269 e. The van der Waals surface area contributed by atoms with Gasteiger partial charge in [-0.15, -0.1) is 0 Å². The van der Waals surface area contributed by atoms with E-state index >= 15 is 0 Å². The van der Waals surface area contributed by atoms with Crippen LogP contribution >= 0.6 is 0 Å². The zero-order valence-corrected chi connectivity index (χ0v) is 24.7. The largest absolute Gasteiger partial charge is 0.384 e. The predicted octanol–water partition coefficient (Wildman–Crippen LogP) is 5.11. The van der Waals surface area contributed by atoms with Gasteiger partial charge in [0.15, 0.2) is 0 Å². The molecule has 2 heterocycles. The normalized spacial score (nSPS) is 16.8. The number of nitrogens with two attached hydrogens (primary N) is 1. The standard InChI is InChI=1S/C30H39F2N5O4S/c1-2-27(38)35-28-23(21-8-3-4-9-21)10-6-12-25(28)42(40,41)36-24(11-5-7-20-13-14-26(33)34-19-20)30(39)37-17-15-22(16-18-37)29(31)32/h6,10,12-14,19,21,24,36H,2-5,7-9,11,15-18H2,1H3,(H2,33,34)(H,35,38)/t24-/m0/s1. The number of nitrogen functional groups attached to an aromatic ring is 1. The zero-order chi connectivity index (χ0) is 30.3. The number of amides is 2. The first-order valence-electron chi connectivity index (χ1n) is 14.6. The number of nitrogens with one attached hydrogen (secondary N) is 2. The summed E-state index contributed by atoms with van der Waals surface area (Å²) in [6.45, 7) is 1.86. The summed E-state index contributed by atoms with van der Waals surface area (Å²) in [5.41, 5.74) is 7.61. The summed E-state index contributed by atoms with van der Waals surface area (Å²) >= 11 is 0. The Bertz CT molecular complexity index is 1400. The first-order valence-corrected chi connectivity index (χ1v) is 16.0. The van der Waals surface area contributed by atoms with Crippen LogP contribution in [-0.4, -0.2) is 49.2 Å². The van der Waals surface area contributed by atoms with Gasteiger partial charge in [-0.05, 0) is 79.7 Å². The van der Waals surface area contributed by atoms with E-state index < -0.39 is 28.1 Å². The minimum Gasteiger partial charge on any atom is -0.384 e. The number of sulfonamides is 1. The van der Waals surface area contributed by atoms with Crippen molar-refractivity contribution < 1.29 is 26.8 Å². The van der Waals surface area contributed by atoms with Gasteiger partial charge in [-0.3, -0.25) is 9.59 Å². The maximum atomic E-state index is 13.9. The SMILES string of the molecule is CCC(=O)Nc1c(C2CCCC2)cccc1S(=O)(=O)N[C@@H](CCCc1ccc(N)nc1)C(=O)N1CCC(=C(F)F)CC1. The van der Waals surface area contributed by atoms with Gasteiger partial charge in [-0.1, -0.05) is 38.0 Å². The van der Waals surface area contributed by atoms with Crippen LogP contribution in [0.3, 0.4) is 0 Å². The molecule has 0 unspecified atom stereocenters. The van der Waals surface area contributed by atoms with Gasteiger partial charge in [0, 0.05) is 25.7 Å². The summed E-state index contributed by atoms with van der Waals surface area (Å²) in [6, 6.07) is 7.33. The second kappa shape index (κ2) is 14.2. The number of pyridine rings is 1. The van der Waals surface area contributed by atoms with E-state index in [-0.39, 0.29) is 66.8 Å². The highest BCUT2D eigenvalue weighted by Crippen LogP contribution is 2.40. The van der Waals surface area contributed by atoms with E-state index in [1.807, 2.05) is 12.1 Å². The van der Waals surface area contributed by atoms with Crippen LogP contribution in [0.15, 0.2) is 53.1 Å². The number of aromatic nitrogens is 1. The van der Waals surface area contributed by atoms with Crippen molar-refractivity contribution in [2.45, 2.75) is 88.0 Å². The molecule has 1 aromatic carbocycles. The maximum absolute atomic E-state index is 13.9. The number of carbonyl (C=O) groups excluding carboxylic acids is 2. The molecule has 0 spiro atoms. The van der Waals surface area contributed by atoms with Gasteiger partial charge in [0.05, 0.1) is 5.69 Å². The Balaban J connectivity index is 1.61. The lowest BCUT2D eigenvalue weighted by Crippen LogP contribution is -2.50. The first kappa shape index (κ1) is 31.6. The van der Waals surface area contributed by atoms with E-state index in [4.69, 9.17) is 5.73 Å². The van der Waals surface area contributed by atoms with E-state index in [9.17, 15) is 26.8 Å². The predicted molar refractivity (Wildman–Crippen MR) is 157 cm³/mol. The fourth-order valence-corrected chi connectivity index (χ4v) is 7.11. The zero-order valence-electron chi connectivity index (χ0n) is 23.9. The Morgan fingerprint density at radius 2 is 1.83 bits per heavy atom. The Morgan fingerprint density at radius 3 is 2.45 bits per heavy atom. The van der Waals surface area contributed by atoms with Crippen molar-refractivity contribution in [3.8, 4) is 0 Å². The Labute approximate surface area is 246 Å². The van der Waals surface area contributed by atoms with E-state index in [1.165, 1.54) is 11.0 Å². The van der Waals surface area contributed by atoms with Crippen LogP contribution in [0.4, 0.5) is 20.3 Å². The number of anilines is 2. The van der Waals surface area contributed by atoms with Crippen LogP contribution in [0, 0.1) is 0 Å². The molecule has 228 valence electrons. The summed E-state index contributed by atoms with van der Waals surface area (Å²) in [5.74, 6) is -0.254. The Morgan fingerprint density at radius 1 is 1.12 bits per heavy atom. The quantitative estimate of drug-likeness (QED) is 0.327. The molecule has 0 radical (unpaired) electrons. The van der Waals surface area contributed by atoms with Gasteiger partial charge in [-0.2, -0.15) is 13.5 Å². The molecule has 2 fully saturated rings. The lowest BCUT2D eigenvalue weighted by molar-refractivity contribution is -0.133. The highest BCUT2D eigenvalue weighted by atomic mass is 32.2. The van der Waals surface area contributed by atoms with Crippen LogP contribution < -0.4 is 15.8 Å². The van der Waals surface area contributed by atoms with Crippen molar-refractivity contribution in [3.05, 3.63) is 59.3 Å². The van der Waals surface area contributed by atoms with Gasteiger partial charge < -0.3 is 16.0 Å². The number of piperidine rings is 1. The number of hydrogen-bond acceptors (Lipinski definition) is 6. The molecule has 2 aromatic rings. The highest BCUT2D eigenvalue weighted by Gasteiger charge is 2.33. The fraction of sp³-hybridized carbons (Fsp3) is 0.500. The van der Waals surface area contributed by atoms with Crippen LogP contribution in [0.5, 0.6) is 0 Å². The van der Waals surface area contributed by atoms with Crippen molar-refractivity contribution in [2.24, 2.45) is 0 Å².